The van der Waals surface area contributed by atoms with Crippen LogP contribution in [0.25, 0.3) is 0 Å². The van der Waals surface area contributed by atoms with Crippen LogP contribution < -0.4 is 0 Å². The molecule has 0 N–H and O–H groups in total. The van der Waals surface area contributed by atoms with Crippen LogP contribution in [0.15, 0.2) is 0 Å². The van der Waals surface area contributed by atoms with E-state index in [0.29, 0.717) is 0 Å². The van der Waals surface area contributed by atoms with Gasteiger partial charge in [0, 0.05) is 13.2 Å². The molecule has 0 rings (SSSR count). The van der Waals surface area contributed by atoms with Gasteiger partial charge in [-0.1, -0.05) is 13.3 Å². The standard InChI is InChI=1S/C9H19FO2/c1-2-3-7-11-8-5-4-6-9-12-10/h2-9H2,1H3. The topological polar surface area (TPSA) is 18.5 Å². The van der Waals surface area contributed by atoms with Crippen LogP contribution in [-0.4, -0.2) is 19.8 Å². The molecule has 0 bridgehead atoms. The molecule has 0 aromatic carbocycles. The molecule has 0 aliphatic heterocycles. The molecule has 0 radical (unpaired) electrons. The fourth-order valence-corrected chi connectivity index (χ4v) is 0.886. The molecule has 2 nitrogen and oxygen atoms in total. The van der Waals surface area contributed by atoms with Gasteiger partial charge in [-0.3, -0.25) is 0 Å². The van der Waals surface area contributed by atoms with Crippen molar-refractivity contribution >= 4 is 0 Å². The molecule has 0 heterocycles. The zero-order valence-corrected chi connectivity index (χ0v) is 7.85. The maximum absolute atomic E-state index is 11.1. The van der Waals surface area contributed by atoms with E-state index in [0.717, 1.165) is 38.9 Å². The molecule has 12 heavy (non-hydrogen) atoms. The van der Waals surface area contributed by atoms with Gasteiger partial charge in [0.05, 0.1) is 6.61 Å². The van der Waals surface area contributed by atoms with Crippen molar-refractivity contribution in [2.24, 2.45) is 0 Å². The maximum Gasteiger partial charge on any atom is 0.0876 e. The first-order valence-electron chi connectivity index (χ1n) is 4.73. The van der Waals surface area contributed by atoms with E-state index < -0.39 is 0 Å². The highest BCUT2D eigenvalue weighted by molar-refractivity contribution is 4.40. The number of rotatable bonds is 9. The Balaban J connectivity index is 2.73. The highest BCUT2D eigenvalue weighted by Gasteiger charge is 1.90. The van der Waals surface area contributed by atoms with Crippen molar-refractivity contribution in [1.82, 2.24) is 0 Å². The van der Waals surface area contributed by atoms with Gasteiger partial charge in [0.15, 0.2) is 0 Å². The van der Waals surface area contributed by atoms with Gasteiger partial charge in [0.1, 0.15) is 0 Å². The minimum atomic E-state index is 0.217. The van der Waals surface area contributed by atoms with Crippen molar-refractivity contribution in [1.29, 1.82) is 0 Å². The Bertz CT molecular complexity index is 68.9. The lowest BCUT2D eigenvalue weighted by atomic mass is 10.2. The van der Waals surface area contributed by atoms with Crippen molar-refractivity contribution in [2.75, 3.05) is 19.8 Å². The molecular formula is C9H19FO2. The highest BCUT2D eigenvalue weighted by Crippen LogP contribution is 1.97. The predicted octanol–water partition coefficient (Wildman–Crippen LogP) is 2.87. The summed E-state index contributed by atoms with van der Waals surface area (Å²) in [5.41, 5.74) is 0. The van der Waals surface area contributed by atoms with Crippen molar-refractivity contribution in [2.45, 2.75) is 39.0 Å². The summed E-state index contributed by atoms with van der Waals surface area (Å²) in [6, 6.07) is 0. The van der Waals surface area contributed by atoms with E-state index in [1.807, 2.05) is 0 Å². The molecule has 0 atom stereocenters. The molecule has 0 aliphatic carbocycles. The molecule has 74 valence electrons. The Morgan fingerprint density at radius 2 is 1.58 bits per heavy atom. The first-order valence-corrected chi connectivity index (χ1v) is 4.73. The number of unbranched alkanes of at least 4 members (excludes halogenated alkanes) is 3. The van der Waals surface area contributed by atoms with Crippen LogP contribution in [-0.2, 0) is 9.68 Å². The van der Waals surface area contributed by atoms with E-state index in [4.69, 9.17) is 4.74 Å². The molecule has 0 spiro atoms. The summed E-state index contributed by atoms with van der Waals surface area (Å²) in [7, 11) is 0. The minimum Gasteiger partial charge on any atom is -0.381 e. The highest BCUT2D eigenvalue weighted by atomic mass is 19.3. The summed E-state index contributed by atoms with van der Waals surface area (Å²) in [5, 5.41) is 0. The van der Waals surface area contributed by atoms with Gasteiger partial charge < -0.3 is 4.74 Å². The minimum absolute atomic E-state index is 0.217. The van der Waals surface area contributed by atoms with Gasteiger partial charge in [0.2, 0.25) is 0 Å². The first kappa shape index (κ1) is 11.8. The quantitative estimate of drug-likeness (QED) is 0.505. The Morgan fingerprint density at radius 3 is 2.25 bits per heavy atom. The lowest BCUT2D eigenvalue weighted by Crippen LogP contribution is -1.97. The Hall–Kier alpha value is -0.150. The van der Waals surface area contributed by atoms with Crippen LogP contribution in [0.5, 0.6) is 0 Å². The van der Waals surface area contributed by atoms with Gasteiger partial charge in [-0.05, 0) is 30.2 Å². The summed E-state index contributed by atoms with van der Waals surface area (Å²) in [5.74, 6) is 0. The van der Waals surface area contributed by atoms with Crippen LogP contribution >= 0.6 is 0 Å². The van der Waals surface area contributed by atoms with E-state index in [-0.39, 0.29) is 6.61 Å². The lowest BCUT2D eigenvalue weighted by Gasteiger charge is -2.01. The monoisotopic (exact) mass is 178 g/mol. The summed E-state index contributed by atoms with van der Waals surface area (Å²) >= 11 is 0. The van der Waals surface area contributed by atoms with Crippen molar-refractivity contribution in [3.8, 4) is 0 Å². The summed E-state index contributed by atoms with van der Waals surface area (Å²) in [4.78, 5) is 3.45. The SMILES string of the molecule is CCCCOCCCCCOF. The molecule has 0 fully saturated rings. The molecule has 0 aliphatic rings. The normalized spacial score (nSPS) is 10.5. The maximum atomic E-state index is 11.1. The Kier molecular flexibility index (Phi) is 10.7. The number of hydrogen-bond donors (Lipinski definition) is 0. The third-order valence-corrected chi connectivity index (χ3v) is 1.65. The Labute approximate surface area is 74.0 Å². The number of halogens is 1. The second kappa shape index (κ2) is 10.8. The van der Waals surface area contributed by atoms with Gasteiger partial charge in [0.25, 0.3) is 0 Å². The van der Waals surface area contributed by atoms with Crippen LogP contribution in [0.2, 0.25) is 0 Å². The smallest absolute Gasteiger partial charge is 0.0876 e. The van der Waals surface area contributed by atoms with Gasteiger partial charge in [-0.2, -0.15) is 4.94 Å². The molecule has 0 aromatic heterocycles. The predicted molar refractivity (Wildman–Crippen MR) is 46.6 cm³/mol. The zero-order chi connectivity index (χ0) is 9.07. The van der Waals surface area contributed by atoms with Crippen molar-refractivity contribution < 1.29 is 14.2 Å². The van der Waals surface area contributed by atoms with Crippen LogP contribution in [0.4, 0.5) is 4.53 Å². The fourth-order valence-electron chi connectivity index (χ4n) is 0.886. The molecule has 0 amide bonds. The van der Waals surface area contributed by atoms with Gasteiger partial charge >= 0.3 is 0 Å². The second-order valence-electron chi connectivity index (χ2n) is 2.84. The van der Waals surface area contributed by atoms with E-state index >= 15 is 0 Å². The Morgan fingerprint density at radius 1 is 0.917 bits per heavy atom. The summed E-state index contributed by atoms with van der Waals surface area (Å²) < 4.78 is 16.5. The van der Waals surface area contributed by atoms with Crippen molar-refractivity contribution in [3.63, 3.8) is 0 Å². The van der Waals surface area contributed by atoms with Gasteiger partial charge in [-0.25, -0.2) is 0 Å². The molecule has 3 heteroatoms. The van der Waals surface area contributed by atoms with Crippen molar-refractivity contribution in [3.05, 3.63) is 0 Å². The van der Waals surface area contributed by atoms with Crippen LogP contribution in [0.1, 0.15) is 39.0 Å². The average molecular weight is 178 g/mol. The van der Waals surface area contributed by atoms with E-state index in [1.165, 1.54) is 6.42 Å². The molecule has 0 saturated heterocycles. The molecule has 0 unspecified atom stereocenters. The second-order valence-corrected chi connectivity index (χ2v) is 2.84. The number of hydrogen-bond acceptors (Lipinski definition) is 2. The largest absolute Gasteiger partial charge is 0.381 e. The first-order chi connectivity index (χ1) is 5.91. The molecule has 0 aromatic rings. The third kappa shape index (κ3) is 9.85. The zero-order valence-electron chi connectivity index (χ0n) is 7.85. The number of ether oxygens (including phenoxy) is 1. The van der Waals surface area contributed by atoms with Crippen LogP contribution in [0.3, 0.4) is 0 Å². The molecular weight excluding hydrogens is 159 g/mol. The van der Waals surface area contributed by atoms with E-state index in [9.17, 15) is 4.53 Å². The lowest BCUT2D eigenvalue weighted by molar-refractivity contribution is -0.133. The van der Waals surface area contributed by atoms with Gasteiger partial charge in [-0.15, -0.1) is 0 Å². The van der Waals surface area contributed by atoms with E-state index in [2.05, 4.69) is 11.9 Å². The summed E-state index contributed by atoms with van der Waals surface area (Å²) in [6.07, 6.45) is 5.08. The van der Waals surface area contributed by atoms with E-state index in [1.54, 1.807) is 0 Å². The fraction of sp³-hybridized carbons (Fsp3) is 1.00. The van der Waals surface area contributed by atoms with Crippen LogP contribution in [0, 0.1) is 0 Å². The summed E-state index contributed by atoms with van der Waals surface area (Å²) in [6.45, 7) is 4.01. The molecule has 0 saturated carbocycles. The average Bonchev–Trinajstić information content (AvgIpc) is 2.10. The third-order valence-electron chi connectivity index (χ3n) is 1.65.